The van der Waals surface area contributed by atoms with Crippen molar-refractivity contribution >= 4 is 11.6 Å². The predicted octanol–water partition coefficient (Wildman–Crippen LogP) is 4.13. The van der Waals surface area contributed by atoms with Crippen molar-refractivity contribution in [2.45, 2.75) is 0 Å². The summed E-state index contributed by atoms with van der Waals surface area (Å²) in [4.78, 5) is 29.2. The van der Waals surface area contributed by atoms with Crippen molar-refractivity contribution < 1.29 is 9.53 Å². The monoisotopic (exact) mass is 436 g/mol. The molecule has 5 aromatic rings. The van der Waals surface area contributed by atoms with Gasteiger partial charge in [-0.3, -0.25) is 9.59 Å². The van der Waals surface area contributed by atoms with E-state index in [1.54, 1.807) is 31.4 Å². The van der Waals surface area contributed by atoms with Gasteiger partial charge in [-0.05, 0) is 23.3 Å². The van der Waals surface area contributed by atoms with Crippen molar-refractivity contribution in [3.05, 3.63) is 101 Å². The van der Waals surface area contributed by atoms with E-state index in [0.717, 1.165) is 11.1 Å². The summed E-state index contributed by atoms with van der Waals surface area (Å²) in [5.74, 6) is -0.101. The SMILES string of the molecule is COc1ccc(-c2c(C(N)=O)[nH]c3c(-c4ccccc4)c(-c4ccccc4)nn3c2=O)cc1. The van der Waals surface area contributed by atoms with Crippen LogP contribution in [0.5, 0.6) is 5.75 Å². The van der Waals surface area contributed by atoms with Gasteiger partial charge in [-0.1, -0.05) is 72.8 Å². The molecule has 33 heavy (non-hydrogen) atoms. The summed E-state index contributed by atoms with van der Waals surface area (Å²) in [6, 6.07) is 26.1. The topological polar surface area (TPSA) is 102 Å². The van der Waals surface area contributed by atoms with Gasteiger partial charge in [0.05, 0.1) is 18.2 Å². The lowest BCUT2D eigenvalue weighted by atomic mass is 10.0. The third kappa shape index (κ3) is 3.45. The number of nitrogens with two attached hydrogens (primary N) is 1. The number of nitrogens with zero attached hydrogens (tertiary/aromatic N) is 2. The minimum atomic E-state index is -0.734. The number of ether oxygens (including phenoxy) is 1. The van der Waals surface area contributed by atoms with Crippen LogP contribution in [0.3, 0.4) is 0 Å². The van der Waals surface area contributed by atoms with Crippen LogP contribution < -0.4 is 16.0 Å². The van der Waals surface area contributed by atoms with Gasteiger partial charge in [0, 0.05) is 5.56 Å². The number of carbonyl (C=O) groups excluding carboxylic acids is 1. The maximum absolute atomic E-state index is 13.7. The van der Waals surface area contributed by atoms with Gasteiger partial charge in [0.1, 0.15) is 22.8 Å². The summed E-state index contributed by atoms with van der Waals surface area (Å²) in [5, 5.41) is 4.68. The molecule has 0 spiro atoms. The van der Waals surface area contributed by atoms with Gasteiger partial charge >= 0.3 is 0 Å². The molecule has 0 fully saturated rings. The standard InChI is InChI=1S/C26H20N4O3/c1-33-19-14-12-17(13-15-19)21-23(24(27)31)28-25-20(16-8-4-2-5-9-16)22(29-30(25)26(21)32)18-10-6-3-7-11-18/h2-15,28H,1H3,(H2,27,31). The van der Waals surface area contributed by atoms with E-state index >= 15 is 0 Å². The van der Waals surface area contributed by atoms with Crippen molar-refractivity contribution in [3.8, 4) is 39.3 Å². The minimum absolute atomic E-state index is 0.0226. The summed E-state index contributed by atoms with van der Waals surface area (Å²) in [6.45, 7) is 0. The molecule has 0 aliphatic carbocycles. The van der Waals surface area contributed by atoms with E-state index in [1.807, 2.05) is 60.7 Å². The van der Waals surface area contributed by atoms with Crippen LogP contribution in [0.25, 0.3) is 39.2 Å². The average Bonchev–Trinajstić information content (AvgIpc) is 3.25. The fourth-order valence-electron chi connectivity index (χ4n) is 3.96. The quantitative estimate of drug-likeness (QED) is 0.432. The second-order valence-corrected chi connectivity index (χ2v) is 7.49. The van der Waals surface area contributed by atoms with Crippen LogP contribution in [0.1, 0.15) is 10.5 Å². The summed E-state index contributed by atoms with van der Waals surface area (Å²) in [5.41, 5.74) is 9.41. The van der Waals surface area contributed by atoms with E-state index in [0.29, 0.717) is 28.2 Å². The first kappa shape index (κ1) is 20.3. The molecular weight excluding hydrogens is 416 g/mol. The van der Waals surface area contributed by atoms with Crippen LogP contribution in [-0.4, -0.2) is 27.6 Å². The van der Waals surface area contributed by atoms with E-state index in [2.05, 4.69) is 10.1 Å². The van der Waals surface area contributed by atoms with Crippen molar-refractivity contribution in [1.29, 1.82) is 0 Å². The third-order valence-electron chi connectivity index (χ3n) is 5.52. The first-order chi connectivity index (χ1) is 16.1. The number of nitrogens with one attached hydrogen (secondary N) is 1. The largest absolute Gasteiger partial charge is 0.497 e. The number of aromatic amines is 1. The Bertz CT molecular complexity index is 1520. The molecule has 0 aliphatic rings. The molecule has 5 rings (SSSR count). The fourth-order valence-corrected chi connectivity index (χ4v) is 3.96. The van der Waals surface area contributed by atoms with E-state index in [1.165, 1.54) is 4.52 Å². The Kier molecular flexibility index (Phi) is 4.99. The highest BCUT2D eigenvalue weighted by molar-refractivity contribution is 6.00. The van der Waals surface area contributed by atoms with Crippen LogP contribution in [0.4, 0.5) is 0 Å². The summed E-state index contributed by atoms with van der Waals surface area (Å²) in [7, 11) is 1.56. The van der Waals surface area contributed by atoms with Crippen LogP contribution in [0.2, 0.25) is 0 Å². The molecule has 0 radical (unpaired) electrons. The van der Waals surface area contributed by atoms with Crippen LogP contribution in [0, 0.1) is 0 Å². The van der Waals surface area contributed by atoms with Gasteiger partial charge in [-0.2, -0.15) is 9.61 Å². The molecule has 7 nitrogen and oxygen atoms in total. The van der Waals surface area contributed by atoms with Gasteiger partial charge in [-0.25, -0.2) is 0 Å². The van der Waals surface area contributed by atoms with Crippen molar-refractivity contribution in [2.75, 3.05) is 7.11 Å². The zero-order valence-corrected chi connectivity index (χ0v) is 17.8. The van der Waals surface area contributed by atoms with Crippen LogP contribution >= 0.6 is 0 Å². The highest BCUT2D eigenvalue weighted by Gasteiger charge is 2.24. The number of H-pyrrole nitrogens is 1. The summed E-state index contributed by atoms with van der Waals surface area (Å²) < 4.78 is 6.51. The maximum atomic E-state index is 13.7. The molecule has 162 valence electrons. The number of rotatable bonds is 5. The van der Waals surface area contributed by atoms with Crippen molar-refractivity contribution in [2.24, 2.45) is 5.73 Å². The van der Waals surface area contributed by atoms with Crippen molar-refractivity contribution in [3.63, 3.8) is 0 Å². The van der Waals surface area contributed by atoms with Gasteiger partial charge in [0.2, 0.25) is 0 Å². The Labute approximate surface area is 189 Å². The molecule has 0 saturated heterocycles. The molecule has 0 aliphatic heterocycles. The Balaban J connectivity index is 1.88. The smallest absolute Gasteiger partial charge is 0.283 e. The van der Waals surface area contributed by atoms with E-state index < -0.39 is 11.5 Å². The first-order valence-electron chi connectivity index (χ1n) is 10.3. The predicted molar refractivity (Wildman–Crippen MR) is 127 cm³/mol. The van der Waals surface area contributed by atoms with Gasteiger partial charge < -0.3 is 15.5 Å². The van der Waals surface area contributed by atoms with Crippen LogP contribution in [0.15, 0.2) is 89.7 Å². The molecule has 0 unspecified atom stereocenters. The normalized spacial score (nSPS) is 10.9. The fraction of sp³-hybridized carbons (Fsp3) is 0.0385. The second kappa shape index (κ2) is 8.12. The Morgan fingerprint density at radius 1 is 0.848 bits per heavy atom. The Hall–Kier alpha value is -4.65. The highest BCUT2D eigenvalue weighted by Crippen LogP contribution is 2.34. The number of carbonyl (C=O) groups is 1. The molecule has 2 heterocycles. The number of aromatic nitrogens is 3. The average molecular weight is 436 g/mol. The molecule has 0 bridgehead atoms. The Morgan fingerprint density at radius 3 is 2.00 bits per heavy atom. The molecule has 0 atom stereocenters. The summed E-state index contributed by atoms with van der Waals surface area (Å²) >= 11 is 0. The molecule has 7 heteroatoms. The van der Waals surface area contributed by atoms with E-state index in [4.69, 9.17) is 10.5 Å². The number of hydrogen-bond acceptors (Lipinski definition) is 4. The molecule has 2 aromatic heterocycles. The van der Waals surface area contributed by atoms with Gasteiger partial charge in [-0.15, -0.1) is 0 Å². The lowest BCUT2D eigenvalue weighted by Crippen LogP contribution is -2.25. The van der Waals surface area contributed by atoms with Crippen molar-refractivity contribution in [1.82, 2.24) is 14.6 Å². The van der Waals surface area contributed by atoms with Gasteiger partial charge in [0.25, 0.3) is 11.5 Å². The zero-order valence-electron chi connectivity index (χ0n) is 17.8. The summed E-state index contributed by atoms with van der Waals surface area (Å²) in [6.07, 6.45) is 0. The number of fused-ring (bicyclic) bond motifs is 1. The zero-order chi connectivity index (χ0) is 22.9. The van der Waals surface area contributed by atoms with E-state index in [-0.39, 0.29) is 11.3 Å². The number of hydrogen-bond donors (Lipinski definition) is 2. The first-order valence-corrected chi connectivity index (χ1v) is 10.3. The maximum Gasteiger partial charge on any atom is 0.283 e. The van der Waals surface area contributed by atoms with E-state index in [9.17, 15) is 9.59 Å². The lowest BCUT2D eigenvalue weighted by Gasteiger charge is -2.09. The molecular formula is C26H20N4O3. The molecule has 0 saturated carbocycles. The second-order valence-electron chi connectivity index (χ2n) is 7.49. The molecule has 3 aromatic carbocycles. The lowest BCUT2D eigenvalue weighted by molar-refractivity contribution is 0.0996. The number of benzene rings is 3. The number of primary amides is 1. The third-order valence-corrected chi connectivity index (χ3v) is 5.52. The Morgan fingerprint density at radius 2 is 1.42 bits per heavy atom. The number of methoxy groups -OCH3 is 1. The molecule has 3 N–H and O–H groups in total. The minimum Gasteiger partial charge on any atom is -0.497 e. The molecule has 1 amide bonds. The van der Waals surface area contributed by atoms with Crippen LogP contribution in [-0.2, 0) is 0 Å². The highest BCUT2D eigenvalue weighted by atomic mass is 16.5. The van der Waals surface area contributed by atoms with Gasteiger partial charge in [0.15, 0.2) is 0 Å². The number of amides is 1.